The highest BCUT2D eigenvalue weighted by Crippen LogP contribution is 2.28. The molecule has 1 aromatic heterocycles. The number of aromatic nitrogens is 3. The number of nitrogens with two attached hydrogens (primary N) is 1. The van der Waals surface area contributed by atoms with Crippen LogP contribution in [0, 0.1) is 0 Å². The maximum absolute atomic E-state index is 10.4. The summed E-state index contributed by atoms with van der Waals surface area (Å²) in [6.45, 7) is -0.413. The summed E-state index contributed by atoms with van der Waals surface area (Å²) in [4.78, 5) is 14.0. The minimum Gasteiger partial charge on any atom is -0.394 e. The SMILES string of the molecule is CN.O=Cc1ncn(C2OC(CO)C(O)C2O)n1. The summed E-state index contributed by atoms with van der Waals surface area (Å²) < 4.78 is 6.31. The standard InChI is InChI=1S/C8H11N3O5.CH5N/c12-1-4-6(14)7(15)8(16-4)11-3-9-5(2-13)10-11;1-2/h2-4,6-8,12,14-15H,1H2;2H2,1H3. The van der Waals surface area contributed by atoms with Gasteiger partial charge < -0.3 is 25.8 Å². The van der Waals surface area contributed by atoms with Crippen LogP contribution < -0.4 is 5.73 Å². The van der Waals surface area contributed by atoms with Gasteiger partial charge in [0.05, 0.1) is 6.61 Å². The van der Waals surface area contributed by atoms with Crippen LogP contribution in [-0.2, 0) is 4.74 Å². The number of ether oxygens (including phenoxy) is 1. The number of hydrogen-bond acceptors (Lipinski definition) is 8. The van der Waals surface area contributed by atoms with Crippen LogP contribution in [0.5, 0.6) is 0 Å². The number of carbonyl (C=O) groups excluding carboxylic acids is 1. The summed E-state index contributed by atoms with van der Waals surface area (Å²) in [5.41, 5.74) is 4.50. The third-order valence-electron chi connectivity index (χ3n) is 2.41. The summed E-state index contributed by atoms with van der Waals surface area (Å²) in [6, 6.07) is 0. The monoisotopic (exact) mass is 260 g/mol. The van der Waals surface area contributed by atoms with Crippen molar-refractivity contribution in [3.8, 4) is 0 Å². The van der Waals surface area contributed by atoms with Crippen LogP contribution in [-0.4, -0.2) is 68.3 Å². The third-order valence-corrected chi connectivity index (χ3v) is 2.41. The van der Waals surface area contributed by atoms with Gasteiger partial charge in [0.1, 0.15) is 24.6 Å². The molecule has 9 nitrogen and oxygen atoms in total. The predicted molar refractivity (Wildman–Crippen MR) is 58.5 cm³/mol. The summed E-state index contributed by atoms with van der Waals surface area (Å²) in [7, 11) is 1.50. The number of aldehydes is 1. The molecule has 0 amide bonds. The van der Waals surface area contributed by atoms with Gasteiger partial charge in [0, 0.05) is 0 Å². The summed E-state index contributed by atoms with van der Waals surface area (Å²) >= 11 is 0. The normalized spacial score (nSPS) is 30.7. The molecule has 5 N–H and O–H groups in total. The molecule has 1 aliphatic heterocycles. The molecule has 0 bridgehead atoms. The van der Waals surface area contributed by atoms with Crippen molar-refractivity contribution in [1.82, 2.24) is 14.8 Å². The lowest BCUT2D eigenvalue weighted by Gasteiger charge is -2.13. The van der Waals surface area contributed by atoms with Crippen molar-refractivity contribution in [2.45, 2.75) is 24.5 Å². The Morgan fingerprint density at radius 3 is 2.61 bits per heavy atom. The van der Waals surface area contributed by atoms with Crippen molar-refractivity contribution < 1.29 is 24.9 Å². The van der Waals surface area contributed by atoms with E-state index in [1.807, 2.05) is 0 Å². The molecule has 2 rings (SSSR count). The predicted octanol–water partition coefficient (Wildman–Crippen LogP) is -2.72. The maximum atomic E-state index is 10.4. The van der Waals surface area contributed by atoms with E-state index in [0.717, 1.165) is 4.68 Å². The first-order valence-corrected chi connectivity index (χ1v) is 5.24. The highest BCUT2D eigenvalue weighted by molar-refractivity contribution is 5.68. The molecule has 1 aliphatic rings. The van der Waals surface area contributed by atoms with E-state index in [4.69, 9.17) is 9.84 Å². The van der Waals surface area contributed by atoms with Gasteiger partial charge in [0.25, 0.3) is 0 Å². The van der Waals surface area contributed by atoms with Gasteiger partial charge in [-0.2, -0.15) is 0 Å². The Hall–Kier alpha value is -1.39. The van der Waals surface area contributed by atoms with Crippen LogP contribution in [0.1, 0.15) is 16.8 Å². The molecular weight excluding hydrogens is 244 g/mol. The fourth-order valence-electron chi connectivity index (χ4n) is 1.56. The number of rotatable bonds is 3. The Balaban J connectivity index is 0.000000771. The summed E-state index contributed by atoms with van der Waals surface area (Å²) in [5.74, 6) is -0.0438. The number of hydrogen-bond donors (Lipinski definition) is 4. The van der Waals surface area contributed by atoms with Crippen molar-refractivity contribution in [3.63, 3.8) is 0 Å². The van der Waals surface area contributed by atoms with E-state index < -0.39 is 31.1 Å². The molecule has 1 aromatic rings. The average Bonchev–Trinajstić information content (AvgIpc) is 2.99. The van der Waals surface area contributed by atoms with Gasteiger partial charge >= 0.3 is 0 Å². The van der Waals surface area contributed by atoms with Gasteiger partial charge in [0.2, 0.25) is 5.82 Å². The Kier molecular flexibility index (Phi) is 5.31. The third kappa shape index (κ3) is 2.71. The topological polar surface area (TPSA) is 144 Å². The van der Waals surface area contributed by atoms with Gasteiger partial charge in [-0.3, -0.25) is 4.79 Å². The van der Waals surface area contributed by atoms with Crippen LogP contribution in [0.15, 0.2) is 6.33 Å². The zero-order valence-electron chi connectivity index (χ0n) is 9.75. The molecule has 4 unspecified atom stereocenters. The quantitative estimate of drug-likeness (QED) is 0.429. The molecule has 102 valence electrons. The lowest BCUT2D eigenvalue weighted by Crippen LogP contribution is -2.33. The second-order valence-electron chi connectivity index (χ2n) is 3.43. The molecule has 0 aromatic carbocycles. The molecule has 0 aliphatic carbocycles. The Labute approximate surface area is 103 Å². The van der Waals surface area contributed by atoms with E-state index >= 15 is 0 Å². The lowest BCUT2D eigenvalue weighted by molar-refractivity contribution is -0.0588. The largest absolute Gasteiger partial charge is 0.394 e. The second kappa shape index (κ2) is 6.52. The minimum atomic E-state index is -1.22. The van der Waals surface area contributed by atoms with E-state index in [-0.39, 0.29) is 5.82 Å². The summed E-state index contributed by atoms with van der Waals surface area (Å²) in [6.07, 6.45) is -2.57. The van der Waals surface area contributed by atoms with Crippen molar-refractivity contribution in [2.75, 3.05) is 13.7 Å². The molecule has 0 saturated carbocycles. The second-order valence-corrected chi connectivity index (χ2v) is 3.43. The van der Waals surface area contributed by atoms with Gasteiger partial charge in [-0.25, -0.2) is 9.67 Å². The van der Waals surface area contributed by atoms with E-state index in [1.165, 1.54) is 13.4 Å². The molecule has 1 fully saturated rings. The first-order chi connectivity index (χ1) is 8.67. The van der Waals surface area contributed by atoms with E-state index in [2.05, 4.69) is 15.8 Å². The minimum absolute atomic E-state index is 0.0438. The highest BCUT2D eigenvalue weighted by atomic mass is 16.6. The number of aliphatic hydroxyl groups is 3. The first-order valence-electron chi connectivity index (χ1n) is 5.24. The van der Waals surface area contributed by atoms with Crippen molar-refractivity contribution in [3.05, 3.63) is 12.2 Å². The van der Waals surface area contributed by atoms with Crippen molar-refractivity contribution in [1.29, 1.82) is 0 Å². The van der Waals surface area contributed by atoms with Gasteiger partial charge in [-0.05, 0) is 7.05 Å². The Morgan fingerprint density at radius 2 is 2.17 bits per heavy atom. The molecule has 1 saturated heterocycles. The first kappa shape index (κ1) is 14.7. The fraction of sp³-hybridized carbons (Fsp3) is 0.667. The number of aliphatic hydroxyl groups excluding tert-OH is 3. The zero-order valence-corrected chi connectivity index (χ0v) is 9.75. The van der Waals surface area contributed by atoms with Crippen LogP contribution in [0.3, 0.4) is 0 Å². The van der Waals surface area contributed by atoms with Crippen LogP contribution in [0.4, 0.5) is 0 Å². The molecule has 18 heavy (non-hydrogen) atoms. The zero-order chi connectivity index (χ0) is 13.7. The number of nitrogens with zero attached hydrogens (tertiary/aromatic N) is 3. The van der Waals surface area contributed by atoms with Crippen LogP contribution in [0.25, 0.3) is 0 Å². The van der Waals surface area contributed by atoms with E-state index in [1.54, 1.807) is 0 Å². The highest BCUT2D eigenvalue weighted by Gasteiger charge is 2.43. The summed E-state index contributed by atoms with van der Waals surface area (Å²) in [5, 5.41) is 31.7. The van der Waals surface area contributed by atoms with Crippen LogP contribution in [0.2, 0.25) is 0 Å². The molecule has 4 atom stereocenters. The van der Waals surface area contributed by atoms with Gasteiger partial charge in [-0.1, -0.05) is 0 Å². The van der Waals surface area contributed by atoms with Crippen LogP contribution >= 0.6 is 0 Å². The average molecular weight is 260 g/mol. The van der Waals surface area contributed by atoms with Crippen molar-refractivity contribution in [2.24, 2.45) is 5.73 Å². The number of carbonyl (C=O) groups is 1. The molecule has 9 heteroatoms. The smallest absolute Gasteiger partial charge is 0.214 e. The Morgan fingerprint density at radius 1 is 1.50 bits per heavy atom. The molecule has 2 heterocycles. The Bertz CT molecular complexity index is 385. The lowest BCUT2D eigenvalue weighted by atomic mass is 10.1. The maximum Gasteiger partial charge on any atom is 0.214 e. The van der Waals surface area contributed by atoms with Crippen molar-refractivity contribution >= 4 is 6.29 Å². The van der Waals surface area contributed by atoms with E-state index in [0.29, 0.717) is 6.29 Å². The van der Waals surface area contributed by atoms with E-state index in [9.17, 15) is 15.0 Å². The van der Waals surface area contributed by atoms with Gasteiger partial charge in [-0.15, -0.1) is 5.10 Å². The fourth-order valence-corrected chi connectivity index (χ4v) is 1.56. The molecular formula is C9H16N4O5. The molecule has 0 radical (unpaired) electrons. The van der Waals surface area contributed by atoms with Gasteiger partial charge in [0.15, 0.2) is 12.5 Å². The molecule has 0 spiro atoms.